The van der Waals surface area contributed by atoms with Crippen LogP contribution in [0.15, 0.2) is 0 Å². The summed E-state index contributed by atoms with van der Waals surface area (Å²) < 4.78 is 26.0. The highest BCUT2D eigenvalue weighted by Gasteiger charge is 2.43. The van der Waals surface area contributed by atoms with Gasteiger partial charge in [-0.1, -0.05) is 13.8 Å². The molecule has 0 unspecified atom stereocenters. The molecule has 1 aliphatic rings. The van der Waals surface area contributed by atoms with Crippen LogP contribution in [0.3, 0.4) is 0 Å². The topological polar surface area (TPSA) is 23.5 Å². The van der Waals surface area contributed by atoms with Gasteiger partial charge in [0.15, 0.2) is 0 Å². The molecule has 0 saturated carbocycles. The zero-order chi connectivity index (χ0) is 10.1. The summed E-state index contributed by atoms with van der Waals surface area (Å²) in [4.78, 5) is 1.72. The first kappa shape index (κ1) is 10.9. The number of hydrogen-bond donors (Lipinski definition) is 1. The van der Waals surface area contributed by atoms with Crippen LogP contribution >= 0.6 is 0 Å². The first-order chi connectivity index (χ1) is 5.92. The third-order valence-corrected chi connectivity index (χ3v) is 2.26. The maximum atomic E-state index is 13.0. The Kier molecular flexibility index (Phi) is 3.24. The molecule has 0 aromatic carbocycles. The van der Waals surface area contributed by atoms with Crippen LogP contribution in [0.1, 0.15) is 20.3 Å². The van der Waals surface area contributed by atoms with E-state index >= 15 is 0 Å². The van der Waals surface area contributed by atoms with Crippen LogP contribution in [0.2, 0.25) is 0 Å². The second-order valence-electron chi connectivity index (χ2n) is 4.19. The number of halogens is 2. The molecular formula is C9H17F2NO. The predicted molar refractivity (Wildman–Crippen MR) is 46.8 cm³/mol. The molecule has 1 fully saturated rings. The Bertz CT molecular complexity index is 173. The summed E-state index contributed by atoms with van der Waals surface area (Å²) in [6.07, 6.45) is -1.27. The maximum absolute atomic E-state index is 13.0. The molecule has 0 spiro atoms. The van der Waals surface area contributed by atoms with Gasteiger partial charge < -0.3 is 5.11 Å². The largest absolute Gasteiger partial charge is 0.387 e. The number of aliphatic hydroxyl groups is 1. The van der Waals surface area contributed by atoms with Gasteiger partial charge in [-0.2, -0.15) is 0 Å². The van der Waals surface area contributed by atoms with Crippen molar-refractivity contribution < 1.29 is 13.9 Å². The lowest BCUT2D eigenvalue weighted by Crippen LogP contribution is -2.52. The van der Waals surface area contributed by atoms with Crippen LogP contribution in [0, 0.1) is 5.92 Å². The lowest BCUT2D eigenvalue weighted by Gasteiger charge is -2.36. The van der Waals surface area contributed by atoms with E-state index in [1.165, 1.54) is 0 Å². The number of nitrogens with zero attached hydrogens (tertiary/aromatic N) is 1. The average molecular weight is 193 g/mol. The van der Waals surface area contributed by atoms with Crippen molar-refractivity contribution in [3.05, 3.63) is 0 Å². The molecular weight excluding hydrogens is 176 g/mol. The van der Waals surface area contributed by atoms with Crippen molar-refractivity contribution in [2.24, 2.45) is 5.92 Å². The monoisotopic (exact) mass is 193 g/mol. The first-order valence-corrected chi connectivity index (χ1v) is 4.70. The fourth-order valence-corrected chi connectivity index (χ4v) is 1.67. The van der Waals surface area contributed by atoms with Crippen LogP contribution in [-0.2, 0) is 0 Å². The molecule has 1 saturated heterocycles. The van der Waals surface area contributed by atoms with Gasteiger partial charge >= 0.3 is 0 Å². The second kappa shape index (κ2) is 3.88. The molecule has 2 nitrogen and oxygen atoms in total. The highest BCUT2D eigenvalue weighted by Crippen LogP contribution is 2.27. The quantitative estimate of drug-likeness (QED) is 0.715. The lowest BCUT2D eigenvalue weighted by molar-refractivity contribution is -0.150. The third kappa shape index (κ3) is 2.88. The minimum atomic E-state index is -2.92. The maximum Gasteiger partial charge on any atom is 0.285 e. The van der Waals surface area contributed by atoms with Gasteiger partial charge in [-0.15, -0.1) is 0 Å². The number of rotatable bonds is 2. The van der Waals surface area contributed by atoms with E-state index in [0.29, 0.717) is 19.0 Å². The Morgan fingerprint density at radius 1 is 1.54 bits per heavy atom. The lowest BCUT2D eigenvalue weighted by atomic mass is 10.0. The van der Waals surface area contributed by atoms with E-state index in [2.05, 4.69) is 0 Å². The summed E-state index contributed by atoms with van der Waals surface area (Å²) >= 11 is 0. The molecule has 1 atom stereocenters. The SMILES string of the molecule is CC(C)CN1CC[C@H](O)C(F)(F)C1. The van der Waals surface area contributed by atoms with Gasteiger partial charge in [-0.05, 0) is 12.3 Å². The number of likely N-dealkylation sites (tertiary alicyclic amines) is 1. The number of piperidine rings is 1. The first-order valence-electron chi connectivity index (χ1n) is 4.70. The fourth-order valence-electron chi connectivity index (χ4n) is 1.67. The average Bonchev–Trinajstić information content (AvgIpc) is 1.95. The van der Waals surface area contributed by atoms with E-state index in [-0.39, 0.29) is 13.0 Å². The van der Waals surface area contributed by atoms with Crippen LogP contribution in [0.25, 0.3) is 0 Å². The standard InChI is InChI=1S/C9H17F2NO/c1-7(2)5-12-4-3-8(13)9(10,11)6-12/h7-8,13H,3-6H2,1-2H3/t8-/m0/s1. The molecule has 0 bridgehead atoms. The predicted octanol–water partition coefficient (Wildman–Crippen LogP) is 1.34. The molecule has 1 N–H and O–H groups in total. The Morgan fingerprint density at radius 2 is 2.15 bits per heavy atom. The molecule has 0 radical (unpaired) electrons. The summed E-state index contributed by atoms with van der Waals surface area (Å²) in [5, 5.41) is 9.01. The highest BCUT2D eigenvalue weighted by molar-refractivity contribution is 4.86. The Labute approximate surface area is 77.5 Å². The molecule has 0 amide bonds. The van der Waals surface area contributed by atoms with E-state index < -0.39 is 12.0 Å². The summed E-state index contributed by atoms with van der Waals surface area (Å²) in [5.41, 5.74) is 0. The molecule has 1 aliphatic heterocycles. The van der Waals surface area contributed by atoms with Crippen LogP contribution in [-0.4, -0.2) is 41.7 Å². The minimum Gasteiger partial charge on any atom is -0.387 e. The van der Waals surface area contributed by atoms with Crippen molar-refractivity contribution in [2.45, 2.75) is 32.3 Å². The molecule has 0 aromatic heterocycles. The third-order valence-electron chi connectivity index (χ3n) is 2.26. The molecule has 1 heterocycles. The van der Waals surface area contributed by atoms with E-state index in [4.69, 9.17) is 5.11 Å². The van der Waals surface area contributed by atoms with Gasteiger partial charge in [0.2, 0.25) is 0 Å². The normalized spacial score (nSPS) is 29.5. The van der Waals surface area contributed by atoms with Crippen molar-refractivity contribution in [3.8, 4) is 0 Å². The minimum absolute atomic E-state index is 0.180. The zero-order valence-corrected chi connectivity index (χ0v) is 8.13. The van der Waals surface area contributed by atoms with Crippen molar-refractivity contribution in [1.82, 2.24) is 4.90 Å². The molecule has 78 valence electrons. The molecule has 1 rings (SSSR count). The fraction of sp³-hybridized carbons (Fsp3) is 1.00. The summed E-state index contributed by atoms with van der Waals surface area (Å²) in [5.74, 6) is -2.53. The van der Waals surface area contributed by atoms with E-state index in [9.17, 15) is 8.78 Å². The van der Waals surface area contributed by atoms with Crippen molar-refractivity contribution in [3.63, 3.8) is 0 Å². The number of alkyl halides is 2. The smallest absolute Gasteiger partial charge is 0.285 e. The van der Waals surface area contributed by atoms with E-state index in [1.54, 1.807) is 4.90 Å². The molecule has 0 aromatic rings. The van der Waals surface area contributed by atoms with Crippen LogP contribution in [0.5, 0.6) is 0 Å². The second-order valence-corrected chi connectivity index (χ2v) is 4.19. The van der Waals surface area contributed by atoms with Gasteiger partial charge in [0, 0.05) is 13.1 Å². The van der Waals surface area contributed by atoms with Crippen molar-refractivity contribution in [1.29, 1.82) is 0 Å². The van der Waals surface area contributed by atoms with Crippen molar-refractivity contribution in [2.75, 3.05) is 19.6 Å². The molecule has 0 aliphatic carbocycles. The number of hydrogen-bond acceptors (Lipinski definition) is 2. The molecule has 4 heteroatoms. The Balaban J connectivity index is 2.46. The van der Waals surface area contributed by atoms with E-state index in [0.717, 1.165) is 0 Å². The van der Waals surface area contributed by atoms with Crippen LogP contribution in [0.4, 0.5) is 8.78 Å². The zero-order valence-electron chi connectivity index (χ0n) is 8.13. The summed E-state index contributed by atoms with van der Waals surface area (Å²) in [6.45, 7) is 4.97. The van der Waals surface area contributed by atoms with Crippen molar-refractivity contribution >= 4 is 0 Å². The van der Waals surface area contributed by atoms with Gasteiger partial charge in [0.1, 0.15) is 6.10 Å². The van der Waals surface area contributed by atoms with Crippen LogP contribution < -0.4 is 0 Å². The van der Waals surface area contributed by atoms with Gasteiger partial charge in [-0.25, -0.2) is 8.78 Å². The summed E-state index contributed by atoms with van der Waals surface area (Å²) in [7, 11) is 0. The summed E-state index contributed by atoms with van der Waals surface area (Å²) in [6, 6.07) is 0. The Morgan fingerprint density at radius 3 is 2.62 bits per heavy atom. The van der Waals surface area contributed by atoms with Gasteiger partial charge in [0.25, 0.3) is 5.92 Å². The van der Waals surface area contributed by atoms with Gasteiger partial charge in [-0.3, -0.25) is 4.90 Å². The highest BCUT2D eigenvalue weighted by atomic mass is 19.3. The Hall–Kier alpha value is -0.220. The molecule has 13 heavy (non-hydrogen) atoms. The number of aliphatic hydroxyl groups excluding tert-OH is 1. The van der Waals surface area contributed by atoms with Gasteiger partial charge in [0.05, 0.1) is 6.54 Å². The van der Waals surface area contributed by atoms with E-state index in [1.807, 2.05) is 13.8 Å².